The van der Waals surface area contributed by atoms with E-state index in [9.17, 15) is 4.79 Å². The van der Waals surface area contributed by atoms with Gasteiger partial charge in [0.05, 0.1) is 0 Å². The van der Waals surface area contributed by atoms with Crippen molar-refractivity contribution in [3.8, 4) is 0 Å². The minimum absolute atomic E-state index is 0.109. The van der Waals surface area contributed by atoms with Crippen molar-refractivity contribution in [1.82, 2.24) is 10.2 Å². The molecule has 0 radical (unpaired) electrons. The maximum Gasteiger partial charge on any atom is 0.319 e. The second kappa shape index (κ2) is 10.4. The second-order valence-electron chi connectivity index (χ2n) is 8.84. The van der Waals surface area contributed by atoms with Gasteiger partial charge in [-0.3, -0.25) is 4.90 Å². The molecular formula is C25H33ClN4O. The van der Waals surface area contributed by atoms with Gasteiger partial charge in [-0.05, 0) is 93.4 Å². The maximum absolute atomic E-state index is 12.6. The average Bonchev–Trinajstić information content (AvgIpc) is 3.24. The number of benzene rings is 2. The van der Waals surface area contributed by atoms with E-state index in [1.54, 1.807) is 0 Å². The number of carbonyl (C=O) groups excluding carboxylic acids is 1. The highest BCUT2D eigenvalue weighted by molar-refractivity contribution is 6.30. The van der Waals surface area contributed by atoms with E-state index >= 15 is 0 Å². The highest BCUT2D eigenvalue weighted by Crippen LogP contribution is 2.30. The van der Waals surface area contributed by atoms with E-state index in [4.69, 9.17) is 11.6 Å². The SMILES string of the molecule is CNc1cccc(NC(=O)NC2CCCC2N2CCC(Cc3ccc(Cl)cc3)CC2)c1. The van der Waals surface area contributed by atoms with E-state index < -0.39 is 0 Å². The Balaban J connectivity index is 1.26. The van der Waals surface area contributed by atoms with Crippen LogP contribution in [0.15, 0.2) is 48.5 Å². The molecule has 0 bridgehead atoms. The van der Waals surface area contributed by atoms with Crippen molar-refractivity contribution in [2.75, 3.05) is 30.8 Å². The maximum atomic E-state index is 12.6. The van der Waals surface area contributed by atoms with Crippen molar-refractivity contribution in [2.24, 2.45) is 5.92 Å². The lowest BCUT2D eigenvalue weighted by atomic mass is 9.89. The predicted octanol–water partition coefficient (Wildman–Crippen LogP) is 5.38. The third kappa shape index (κ3) is 5.92. The molecule has 1 saturated carbocycles. The van der Waals surface area contributed by atoms with E-state index in [0.717, 1.165) is 48.2 Å². The molecule has 2 aromatic carbocycles. The van der Waals surface area contributed by atoms with Gasteiger partial charge in [-0.2, -0.15) is 0 Å². The highest BCUT2D eigenvalue weighted by Gasteiger charge is 2.35. The topological polar surface area (TPSA) is 56.4 Å². The summed E-state index contributed by atoms with van der Waals surface area (Å²) < 4.78 is 0. The summed E-state index contributed by atoms with van der Waals surface area (Å²) in [6.07, 6.45) is 6.96. The Bertz CT molecular complexity index is 864. The average molecular weight is 441 g/mol. The number of nitrogens with zero attached hydrogens (tertiary/aromatic N) is 1. The summed E-state index contributed by atoms with van der Waals surface area (Å²) in [5.74, 6) is 0.730. The van der Waals surface area contributed by atoms with Gasteiger partial charge in [-0.25, -0.2) is 4.79 Å². The van der Waals surface area contributed by atoms with Crippen LogP contribution in [-0.4, -0.2) is 43.2 Å². The van der Waals surface area contributed by atoms with E-state index in [2.05, 4.69) is 33.0 Å². The molecule has 2 unspecified atom stereocenters. The lowest BCUT2D eigenvalue weighted by Crippen LogP contribution is -2.52. The van der Waals surface area contributed by atoms with Crippen LogP contribution in [0.4, 0.5) is 16.2 Å². The fourth-order valence-electron chi connectivity index (χ4n) is 5.08. The smallest absolute Gasteiger partial charge is 0.319 e. The van der Waals surface area contributed by atoms with Gasteiger partial charge >= 0.3 is 6.03 Å². The summed E-state index contributed by atoms with van der Waals surface area (Å²) in [7, 11) is 1.88. The number of carbonyl (C=O) groups is 1. The summed E-state index contributed by atoms with van der Waals surface area (Å²) in [5.41, 5.74) is 3.17. The van der Waals surface area contributed by atoms with Crippen LogP contribution in [-0.2, 0) is 6.42 Å². The second-order valence-corrected chi connectivity index (χ2v) is 9.28. The van der Waals surface area contributed by atoms with Crippen molar-refractivity contribution in [1.29, 1.82) is 0 Å². The first-order chi connectivity index (χ1) is 15.1. The molecule has 6 heteroatoms. The summed E-state index contributed by atoms with van der Waals surface area (Å²) in [6.45, 7) is 2.24. The molecule has 2 fully saturated rings. The summed E-state index contributed by atoms with van der Waals surface area (Å²) in [6, 6.07) is 16.6. The minimum Gasteiger partial charge on any atom is -0.388 e. The third-order valence-corrected chi connectivity index (χ3v) is 7.01. The Labute approximate surface area is 190 Å². The Hall–Kier alpha value is -2.24. The first-order valence-corrected chi connectivity index (χ1v) is 11.8. The lowest BCUT2D eigenvalue weighted by molar-refractivity contribution is 0.119. The molecule has 1 aliphatic carbocycles. The molecule has 0 spiro atoms. The molecule has 1 aliphatic heterocycles. The Morgan fingerprint density at radius 1 is 1.03 bits per heavy atom. The van der Waals surface area contributed by atoms with Crippen molar-refractivity contribution in [2.45, 2.75) is 50.6 Å². The van der Waals surface area contributed by atoms with Crippen LogP contribution in [0.3, 0.4) is 0 Å². The standard InChI is InChI=1S/C25H33ClN4O/c1-27-21-4-2-5-22(17-21)28-25(31)29-23-6-3-7-24(23)30-14-12-19(13-15-30)16-18-8-10-20(26)11-9-18/h2,4-5,8-11,17,19,23-24,27H,3,6-7,12-16H2,1H3,(H2,28,29,31). The van der Waals surface area contributed by atoms with E-state index in [1.807, 2.05) is 43.4 Å². The Kier molecular flexibility index (Phi) is 7.36. The molecule has 3 N–H and O–H groups in total. The zero-order valence-electron chi connectivity index (χ0n) is 18.2. The van der Waals surface area contributed by atoms with Crippen LogP contribution >= 0.6 is 11.6 Å². The van der Waals surface area contributed by atoms with Gasteiger partial charge in [0.15, 0.2) is 0 Å². The number of anilines is 2. The van der Waals surface area contributed by atoms with Crippen LogP contribution in [0, 0.1) is 5.92 Å². The number of likely N-dealkylation sites (tertiary alicyclic amines) is 1. The lowest BCUT2D eigenvalue weighted by Gasteiger charge is -2.38. The number of nitrogens with one attached hydrogen (secondary N) is 3. The van der Waals surface area contributed by atoms with Gasteiger partial charge in [-0.15, -0.1) is 0 Å². The molecule has 2 aromatic rings. The van der Waals surface area contributed by atoms with E-state index in [-0.39, 0.29) is 12.1 Å². The number of amides is 2. The van der Waals surface area contributed by atoms with Crippen LogP contribution < -0.4 is 16.0 Å². The van der Waals surface area contributed by atoms with E-state index in [1.165, 1.54) is 31.2 Å². The predicted molar refractivity (Wildman–Crippen MR) is 129 cm³/mol. The molecule has 5 nitrogen and oxygen atoms in total. The quantitative estimate of drug-likeness (QED) is 0.565. The highest BCUT2D eigenvalue weighted by atomic mass is 35.5. The monoisotopic (exact) mass is 440 g/mol. The van der Waals surface area contributed by atoms with Gasteiger partial charge in [-0.1, -0.05) is 29.8 Å². The molecule has 2 aliphatic rings. The first kappa shape index (κ1) is 22.0. The number of rotatable bonds is 6. The molecular weight excluding hydrogens is 408 g/mol. The van der Waals surface area contributed by atoms with Crippen molar-refractivity contribution >= 4 is 29.0 Å². The van der Waals surface area contributed by atoms with Crippen LogP contribution in [0.2, 0.25) is 5.02 Å². The van der Waals surface area contributed by atoms with Crippen molar-refractivity contribution < 1.29 is 4.79 Å². The Morgan fingerprint density at radius 2 is 1.77 bits per heavy atom. The minimum atomic E-state index is -0.109. The summed E-state index contributed by atoms with van der Waals surface area (Å²) >= 11 is 6.01. The molecule has 2 amide bonds. The van der Waals surface area contributed by atoms with Gasteiger partial charge in [0, 0.05) is 35.5 Å². The number of halogens is 1. The zero-order chi connectivity index (χ0) is 21.6. The summed E-state index contributed by atoms with van der Waals surface area (Å²) in [5, 5.41) is 10.1. The van der Waals surface area contributed by atoms with Crippen LogP contribution in [0.5, 0.6) is 0 Å². The van der Waals surface area contributed by atoms with Crippen molar-refractivity contribution in [3.05, 3.63) is 59.1 Å². The zero-order valence-corrected chi connectivity index (χ0v) is 19.0. The first-order valence-electron chi connectivity index (χ1n) is 11.4. The van der Waals surface area contributed by atoms with Gasteiger partial charge in [0.1, 0.15) is 0 Å². The van der Waals surface area contributed by atoms with Gasteiger partial charge in [0.2, 0.25) is 0 Å². The molecule has 0 aromatic heterocycles. The van der Waals surface area contributed by atoms with Gasteiger partial charge in [0.25, 0.3) is 0 Å². The Morgan fingerprint density at radius 3 is 2.52 bits per heavy atom. The van der Waals surface area contributed by atoms with Crippen LogP contribution in [0.25, 0.3) is 0 Å². The number of urea groups is 1. The third-order valence-electron chi connectivity index (χ3n) is 6.76. The molecule has 1 saturated heterocycles. The molecule has 2 atom stereocenters. The molecule has 1 heterocycles. The van der Waals surface area contributed by atoms with Crippen molar-refractivity contribution in [3.63, 3.8) is 0 Å². The number of hydrogen-bond donors (Lipinski definition) is 3. The largest absolute Gasteiger partial charge is 0.388 e. The number of piperidine rings is 1. The number of hydrogen-bond acceptors (Lipinski definition) is 3. The fourth-order valence-corrected chi connectivity index (χ4v) is 5.20. The molecule has 166 valence electrons. The fraction of sp³-hybridized carbons (Fsp3) is 0.480. The molecule has 31 heavy (non-hydrogen) atoms. The van der Waals surface area contributed by atoms with E-state index in [0.29, 0.717) is 6.04 Å². The van der Waals surface area contributed by atoms with Gasteiger partial charge < -0.3 is 16.0 Å². The summed E-state index contributed by atoms with van der Waals surface area (Å²) in [4.78, 5) is 15.2. The van der Waals surface area contributed by atoms with Crippen LogP contribution in [0.1, 0.15) is 37.7 Å². The molecule has 4 rings (SSSR count). The normalized spacial score (nSPS) is 22.3.